The van der Waals surface area contributed by atoms with Crippen molar-refractivity contribution in [2.24, 2.45) is 0 Å². The van der Waals surface area contributed by atoms with Gasteiger partial charge in [-0.15, -0.1) is 0 Å². The molecule has 1 unspecified atom stereocenters. The molecule has 1 aromatic carbocycles. The molecule has 0 radical (unpaired) electrons. The van der Waals surface area contributed by atoms with Gasteiger partial charge in [0, 0.05) is 44.5 Å². The van der Waals surface area contributed by atoms with Gasteiger partial charge < -0.3 is 30.1 Å². The molecule has 2 aliphatic rings. The predicted molar refractivity (Wildman–Crippen MR) is 140 cm³/mol. The summed E-state index contributed by atoms with van der Waals surface area (Å²) in [5.74, 6) is 0.473. The Kier molecular flexibility index (Phi) is 8.11. The maximum Gasteiger partial charge on any atom is 0.319 e. The highest BCUT2D eigenvalue weighted by molar-refractivity contribution is 5.89. The molecule has 200 valence electrons. The normalized spacial score (nSPS) is 18.2. The number of benzene rings is 1. The van der Waals surface area contributed by atoms with E-state index in [2.05, 4.69) is 22.5 Å². The summed E-state index contributed by atoms with van der Waals surface area (Å²) < 4.78 is 21.0. The number of urea groups is 2. The van der Waals surface area contributed by atoms with E-state index in [1.165, 1.54) is 6.07 Å². The van der Waals surface area contributed by atoms with Crippen molar-refractivity contribution >= 4 is 23.6 Å². The number of ether oxygens (including phenoxy) is 1. The van der Waals surface area contributed by atoms with Crippen LogP contribution in [0.1, 0.15) is 38.4 Å². The SMILES string of the molecule is CCC(C)NC(=O)Nc1ccc(-c2nc3c(c(N4CCOC[C@@H]4C)n2)CCN(C(=O)N(C)C)C3)c(F)c1. The van der Waals surface area contributed by atoms with Crippen molar-refractivity contribution in [2.45, 2.75) is 52.2 Å². The quantitative estimate of drug-likeness (QED) is 0.635. The average Bonchev–Trinajstić information content (AvgIpc) is 2.87. The molecule has 2 N–H and O–H groups in total. The van der Waals surface area contributed by atoms with Crippen LogP contribution in [-0.4, -0.2) is 84.3 Å². The van der Waals surface area contributed by atoms with Crippen LogP contribution in [0.2, 0.25) is 0 Å². The molecule has 2 atom stereocenters. The molecule has 4 amide bonds. The van der Waals surface area contributed by atoms with Gasteiger partial charge in [-0.25, -0.2) is 23.9 Å². The third-order valence-electron chi connectivity index (χ3n) is 6.79. The summed E-state index contributed by atoms with van der Waals surface area (Å²) in [6.45, 7) is 8.65. The number of morpholine rings is 1. The number of aromatic nitrogens is 2. The van der Waals surface area contributed by atoms with Crippen molar-refractivity contribution in [1.82, 2.24) is 25.1 Å². The van der Waals surface area contributed by atoms with Crippen molar-refractivity contribution in [3.8, 4) is 11.4 Å². The Morgan fingerprint density at radius 3 is 2.73 bits per heavy atom. The Balaban J connectivity index is 1.69. The fourth-order valence-electron chi connectivity index (χ4n) is 4.52. The highest BCUT2D eigenvalue weighted by Gasteiger charge is 2.31. The van der Waals surface area contributed by atoms with Gasteiger partial charge in [0.25, 0.3) is 0 Å². The number of hydrogen-bond donors (Lipinski definition) is 2. The fraction of sp³-hybridized carbons (Fsp3) is 0.538. The van der Waals surface area contributed by atoms with Crippen LogP contribution in [-0.2, 0) is 17.7 Å². The van der Waals surface area contributed by atoms with E-state index in [0.29, 0.717) is 45.0 Å². The van der Waals surface area contributed by atoms with E-state index in [4.69, 9.17) is 14.7 Å². The number of carbonyl (C=O) groups is 2. The minimum absolute atomic E-state index is 0.00737. The van der Waals surface area contributed by atoms with Crippen molar-refractivity contribution in [1.29, 1.82) is 0 Å². The summed E-state index contributed by atoms with van der Waals surface area (Å²) in [6, 6.07) is 4.11. The number of carbonyl (C=O) groups excluding carboxylic acids is 2. The molecule has 4 rings (SSSR count). The van der Waals surface area contributed by atoms with Crippen molar-refractivity contribution in [3.05, 3.63) is 35.3 Å². The summed E-state index contributed by atoms with van der Waals surface area (Å²) in [4.78, 5) is 39.9. The molecule has 0 bridgehead atoms. The predicted octanol–water partition coefficient (Wildman–Crippen LogP) is 3.47. The molecular weight excluding hydrogens is 477 g/mol. The molecule has 1 aromatic heterocycles. The van der Waals surface area contributed by atoms with E-state index >= 15 is 4.39 Å². The average molecular weight is 514 g/mol. The molecule has 11 heteroatoms. The number of fused-ring (bicyclic) bond motifs is 1. The van der Waals surface area contributed by atoms with Gasteiger partial charge in [-0.3, -0.25) is 0 Å². The Morgan fingerprint density at radius 1 is 1.27 bits per heavy atom. The van der Waals surface area contributed by atoms with Gasteiger partial charge in [0.15, 0.2) is 5.82 Å². The largest absolute Gasteiger partial charge is 0.377 e. The first-order chi connectivity index (χ1) is 17.7. The van der Waals surface area contributed by atoms with Gasteiger partial charge in [0.2, 0.25) is 0 Å². The number of rotatable bonds is 5. The van der Waals surface area contributed by atoms with Crippen molar-refractivity contribution < 1.29 is 18.7 Å². The van der Waals surface area contributed by atoms with Crippen molar-refractivity contribution in [2.75, 3.05) is 50.6 Å². The first kappa shape index (κ1) is 26.6. The van der Waals surface area contributed by atoms with Crippen LogP contribution >= 0.6 is 0 Å². The number of nitrogens with one attached hydrogen (secondary N) is 2. The zero-order chi connectivity index (χ0) is 26.7. The molecule has 0 saturated carbocycles. The zero-order valence-corrected chi connectivity index (χ0v) is 22.2. The maximum absolute atomic E-state index is 15.4. The lowest BCUT2D eigenvalue weighted by Crippen LogP contribution is -2.46. The third-order valence-corrected chi connectivity index (χ3v) is 6.79. The van der Waals surface area contributed by atoms with Crippen LogP contribution < -0.4 is 15.5 Å². The lowest BCUT2D eigenvalue weighted by atomic mass is 10.0. The number of anilines is 2. The first-order valence-electron chi connectivity index (χ1n) is 12.8. The molecule has 10 nitrogen and oxygen atoms in total. The van der Waals surface area contributed by atoms with Gasteiger partial charge in [0.1, 0.15) is 11.6 Å². The molecule has 2 aliphatic heterocycles. The molecule has 1 fully saturated rings. The summed E-state index contributed by atoms with van der Waals surface area (Å²) >= 11 is 0. The summed E-state index contributed by atoms with van der Waals surface area (Å²) in [5.41, 5.74) is 2.27. The molecular formula is C26H36FN7O3. The van der Waals surface area contributed by atoms with Crippen LogP contribution in [0.5, 0.6) is 0 Å². The minimum atomic E-state index is -0.542. The van der Waals surface area contributed by atoms with E-state index in [9.17, 15) is 9.59 Å². The third kappa shape index (κ3) is 5.93. The van der Waals surface area contributed by atoms with E-state index in [1.54, 1.807) is 36.0 Å². The van der Waals surface area contributed by atoms with Gasteiger partial charge in [-0.2, -0.15) is 0 Å². The second-order valence-electron chi connectivity index (χ2n) is 9.86. The molecule has 2 aromatic rings. The molecule has 0 aliphatic carbocycles. The maximum atomic E-state index is 15.4. The summed E-state index contributed by atoms with van der Waals surface area (Å²) in [7, 11) is 3.44. The minimum Gasteiger partial charge on any atom is -0.377 e. The van der Waals surface area contributed by atoms with Gasteiger partial charge >= 0.3 is 12.1 Å². The van der Waals surface area contributed by atoms with E-state index in [0.717, 1.165) is 23.5 Å². The zero-order valence-electron chi connectivity index (χ0n) is 22.2. The van der Waals surface area contributed by atoms with Crippen LogP contribution in [0.3, 0.4) is 0 Å². The summed E-state index contributed by atoms with van der Waals surface area (Å²) in [5, 5.41) is 5.47. The monoisotopic (exact) mass is 513 g/mol. The lowest BCUT2D eigenvalue weighted by molar-refractivity contribution is 0.0983. The van der Waals surface area contributed by atoms with Gasteiger partial charge in [-0.05, 0) is 44.9 Å². The van der Waals surface area contributed by atoms with Gasteiger partial charge in [-0.1, -0.05) is 6.92 Å². The lowest BCUT2D eigenvalue weighted by Gasteiger charge is -2.38. The highest BCUT2D eigenvalue weighted by Crippen LogP contribution is 2.33. The fourth-order valence-corrected chi connectivity index (χ4v) is 4.52. The smallest absolute Gasteiger partial charge is 0.319 e. The van der Waals surface area contributed by atoms with Crippen LogP contribution in [0.15, 0.2) is 18.2 Å². The Morgan fingerprint density at radius 2 is 2.05 bits per heavy atom. The van der Waals surface area contributed by atoms with Crippen LogP contribution in [0, 0.1) is 5.82 Å². The summed E-state index contributed by atoms with van der Waals surface area (Å²) in [6.07, 6.45) is 1.41. The van der Waals surface area contributed by atoms with Crippen molar-refractivity contribution in [3.63, 3.8) is 0 Å². The Hall–Kier alpha value is -3.47. The van der Waals surface area contributed by atoms with Crippen LogP contribution in [0.4, 0.5) is 25.5 Å². The van der Waals surface area contributed by atoms with Crippen LogP contribution in [0.25, 0.3) is 11.4 Å². The topological polar surface area (TPSA) is 103 Å². The highest BCUT2D eigenvalue weighted by atomic mass is 19.1. The molecule has 1 saturated heterocycles. The molecule has 3 heterocycles. The van der Waals surface area contributed by atoms with E-state index in [1.807, 2.05) is 13.8 Å². The van der Waals surface area contributed by atoms with Gasteiger partial charge in [0.05, 0.1) is 37.1 Å². The Labute approximate surface area is 217 Å². The number of nitrogens with zero attached hydrogens (tertiary/aromatic N) is 5. The Bertz CT molecular complexity index is 1160. The number of hydrogen-bond acceptors (Lipinski definition) is 6. The second kappa shape index (κ2) is 11.3. The first-order valence-corrected chi connectivity index (χ1v) is 12.8. The molecule has 37 heavy (non-hydrogen) atoms. The van der Waals surface area contributed by atoms with E-state index < -0.39 is 5.82 Å². The standard InChI is InChI=1S/C26H36FN7O3/c1-6-16(2)28-25(35)29-18-7-8-19(21(27)13-18)23-30-22-14-33(26(36)32(4)5)10-9-20(22)24(31-23)34-11-12-37-15-17(34)3/h7-8,13,16-17H,6,9-12,14-15H2,1-5H3,(H2,28,29,35)/t16?,17-/m0/s1. The van der Waals surface area contributed by atoms with E-state index in [-0.39, 0.29) is 35.5 Å². The number of halogens is 1. The number of amides is 4. The second-order valence-corrected chi connectivity index (χ2v) is 9.86. The molecule has 0 spiro atoms.